The fourth-order valence-corrected chi connectivity index (χ4v) is 6.28. The lowest BCUT2D eigenvalue weighted by atomic mass is 10.0. The third-order valence-corrected chi connectivity index (χ3v) is 9.49. The van der Waals surface area contributed by atoms with E-state index in [0.717, 1.165) is 30.8 Å². The summed E-state index contributed by atoms with van der Waals surface area (Å²) in [5, 5.41) is 3.41. The molecule has 0 aliphatic rings. The highest BCUT2D eigenvalue weighted by Gasteiger charge is 2.11. The van der Waals surface area contributed by atoms with E-state index >= 15 is 0 Å². The van der Waals surface area contributed by atoms with Crippen LogP contribution in [0.5, 0.6) is 11.5 Å². The van der Waals surface area contributed by atoms with E-state index in [9.17, 15) is 9.59 Å². The Morgan fingerprint density at radius 2 is 0.939 bits per heavy atom. The van der Waals surface area contributed by atoms with Gasteiger partial charge >= 0.3 is 5.97 Å². The molecule has 0 amide bonds. The first-order valence-corrected chi connectivity index (χ1v) is 20.5. The summed E-state index contributed by atoms with van der Waals surface area (Å²) in [6, 6.07) is 13.6. The zero-order chi connectivity index (χ0) is 35.0. The summed E-state index contributed by atoms with van der Waals surface area (Å²) in [6.07, 6.45) is 34.6. The molecule has 0 bridgehead atoms. The molecule has 0 saturated heterocycles. The summed E-state index contributed by atoms with van der Waals surface area (Å²) >= 11 is 0. The Kier molecular flexibility index (Phi) is 26.0. The van der Waals surface area contributed by atoms with Gasteiger partial charge in [0.05, 0.1) is 12.2 Å². The van der Waals surface area contributed by atoms with Crippen LogP contribution in [0.25, 0.3) is 0 Å². The van der Waals surface area contributed by atoms with Gasteiger partial charge in [0.1, 0.15) is 5.75 Å². The molecule has 0 spiro atoms. The maximum absolute atomic E-state index is 12.8. The first kappa shape index (κ1) is 42.3. The number of hydrogen-bond donors (Lipinski definition) is 1. The molecule has 5 nitrogen and oxygen atoms in total. The monoisotopic (exact) mass is 678 g/mol. The molecule has 0 aliphatic heterocycles. The van der Waals surface area contributed by atoms with E-state index in [-0.39, 0.29) is 11.2 Å². The first-order chi connectivity index (χ1) is 24.1. The summed E-state index contributed by atoms with van der Waals surface area (Å²) in [4.78, 5) is 25.3. The van der Waals surface area contributed by atoms with E-state index in [1.165, 1.54) is 160 Å². The number of rotatable bonds is 32. The molecule has 5 heteroatoms. The molecule has 0 heterocycles. The highest BCUT2D eigenvalue weighted by atomic mass is 16.5. The Labute approximate surface area is 300 Å². The molecular weight excluding hydrogens is 606 g/mol. The largest absolute Gasteiger partial charge is 0.494 e. The van der Waals surface area contributed by atoms with Crippen molar-refractivity contribution in [2.24, 2.45) is 0 Å². The third kappa shape index (κ3) is 22.5. The van der Waals surface area contributed by atoms with Gasteiger partial charge in [-0.25, -0.2) is 4.79 Å². The summed E-state index contributed by atoms with van der Waals surface area (Å²) in [5.41, 5.74) is 0.920. The highest BCUT2D eigenvalue weighted by Crippen LogP contribution is 2.17. The van der Waals surface area contributed by atoms with Gasteiger partial charge in [-0.1, -0.05) is 168 Å². The Hall–Kier alpha value is -2.82. The van der Waals surface area contributed by atoms with Crippen molar-refractivity contribution in [2.75, 3.05) is 18.5 Å². The van der Waals surface area contributed by atoms with Crippen molar-refractivity contribution in [1.29, 1.82) is 0 Å². The van der Waals surface area contributed by atoms with Crippen LogP contribution in [0.3, 0.4) is 0 Å². The number of anilines is 1. The molecule has 0 radical (unpaired) electrons. The molecule has 0 saturated carbocycles. The van der Waals surface area contributed by atoms with Gasteiger partial charge in [0.2, 0.25) is 5.43 Å². The second kappa shape index (κ2) is 30.0. The Bertz CT molecular complexity index is 1130. The maximum atomic E-state index is 12.8. The lowest BCUT2D eigenvalue weighted by Gasteiger charge is -2.07. The quantitative estimate of drug-likeness (QED) is 0.0617. The Morgan fingerprint density at radius 1 is 0.510 bits per heavy atom. The van der Waals surface area contributed by atoms with Crippen LogP contribution in [0.1, 0.15) is 191 Å². The summed E-state index contributed by atoms with van der Waals surface area (Å²) < 4.78 is 11.3. The average Bonchev–Trinajstić information content (AvgIpc) is 3.29. The number of carbonyl (C=O) groups is 1. The van der Waals surface area contributed by atoms with Crippen LogP contribution in [0.15, 0.2) is 53.3 Å². The molecule has 0 aliphatic carbocycles. The third-order valence-electron chi connectivity index (χ3n) is 9.49. The van der Waals surface area contributed by atoms with Crippen LogP contribution in [0.2, 0.25) is 0 Å². The first-order valence-electron chi connectivity index (χ1n) is 20.5. The van der Waals surface area contributed by atoms with E-state index in [4.69, 9.17) is 9.47 Å². The fraction of sp³-hybridized carbons (Fsp3) is 0.682. The minimum absolute atomic E-state index is 0.0294. The van der Waals surface area contributed by atoms with E-state index in [1.54, 1.807) is 42.5 Å². The highest BCUT2D eigenvalue weighted by molar-refractivity contribution is 5.91. The van der Waals surface area contributed by atoms with Gasteiger partial charge < -0.3 is 14.8 Å². The SMILES string of the molecule is CCCCCCCCCCCCCCCCCCNc1ccc(OC(=O)c2ccc(OCCCCCCCCCCCC)cc2)c(=O)cc1. The number of hydrogen-bond acceptors (Lipinski definition) is 5. The van der Waals surface area contributed by atoms with E-state index in [1.807, 2.05) is 0 Å². The number of esters is 1. The molecule has 2 aromatic rings. The van der Waals surface area contributed by atoms with E-state index in [0.29, 0.717) is 12.2 Å². The molecule has 276 valence electrons. The molecule has 0 fully saturated rings. The molecule has 1 N–H and O–H groups in total. The zero-order valence-corrected chi connectivity index (χ0v) is 31.6. The van der Waals surface area contributed by atoms with Gasteiger partial charge in [0.25, 0.3) is 0 Å². The number of carbonyl (C=O) groups excluding carboxylic acids is 1. The van der Waals surface area contributed by atoms with Gasteiger partial charge in [-0.15, -0.1) is 0 Å². The van der Waals surface area contributed by atoms with Crippen LogP contribution in [0.4, 0.5) is 5.69 Å². The average molecular weight is 678 g/mol. The van der Waals surface area contributed by atoms with Gasteiger partial charge in [0.15, 0.2) is 5.75 Å². The molecule has 0 atom stereocenters. The normalized spacial score (nSPS) is 11.1. The number of benzene rings is 1. The summed E-state index contributed by atoms with van der Waals surface area (Å²) in [7, 11) is 0. The molecule has 0 aromatic heterocycles. The predicted octanol–water partition coefficient (Wildman–Crippen LogP) is 13.2. The van der Waals surface area contributed by atoms with Gasteiger partial charge in [0, 0.05) is 12.2 Å². The fourth-order valence-electron chi connectivity index (χ4n) is 6.28. The number of ether oxygens (including phenoxy) is 2. The van der Waals surface area contributed by atoms with Crippen LogP contribution in [0, 0.1) is 0 Å². The van der Waals surface area contributed by atoms with Crippen LogP contribution in [-0.2, 0) is 0 Å². The predicted molar refractivity (Wildman–Crippen MR) is 209 cm³/mol. The van der Waals surface area contributed by atoms with E-state index in [2.05, 4.69) is 19.2 Å². The molecule has 2 rings (SSSR count). The second-order valence-electron chi connectivity index (χ2n) is 14.0. The topological polar surface area (TPSA) is 64.6 Å². The minimum Gasteiger partial charge on any atom is -0.494 e. The Morgan fingerprint density at radius 3 is 1.43 bits per heavy atom. The van der Waals surface area contributed by atoms with E-state index < -0.39 is 5.97 Å². The zero-order valence-electron chi connectivity index (χ0n) is 31.6. The van der Waals surface area contributed by atoms with Gasteiger partial charge in [-0.05, 0) is 61.4 Å². The van der Waals surface area contributed by atoms with Crippen LogP contribution >= 0.6 is 0 Å². The smallest absolute Gasteiger partial charge is 0.343 e. The number of nitrogens with one attached hydrogen (secondary N) is 1. The number of unbranched alkanes of at least 4 members (excludes halogenated alkanes) is 24. The van der Waals surface area contributed by atoms with Crippen LogP contribution < -0.4 is 20.2 Å². The van der Waals surface area contributed by atoms with Crippen molar-refractivity contribution in [1.82, 2.24) is 0 Å². The summed E-state index contributed by atoms with van der Waals surface area (Å²) in [5.74, 6) is 0.220. The van der Waals surface area contributed by atoms with Gasteiger partial charge in [-0.2, -0.15) is 0 Å². The van der Waals surface area contributed by atoms with Crippen molar-refractivity contribution in [3.8, 4) is 11.5 Å². The second-order valence-corrected chi connectivity index (χ2v) is 14.0. The van der Waals surface area contributed by atoms with Crippen LogP contribution in [-0.4, -0.2) is 19.1 Å². The summed E-state index contributed by atoms with van der Waals surface area (Å²) in [6.45, 7) is 6.08. The van der Waals surface area contributed by atoms with Crippen molar-refractivity contribution < 1.29 is 14.3 Å². The van der Waals surface area contributed by atoms with Gasteiger partial charge in [-0.3, -0.25) is 4.79 Å². The van der Waals surface area contributed by atoms with Crippen molar-refractivity contribution in [3.63, 3.8) is 0 Å². The molecule has 2 aromatic carbocycles. The maximum Gasteiger partial charge on any atom is 0.343 e. The van der Waals surface area contributed by atoms with Crippen molar-refractivity contribution >= 4 is 11.7 Å². The molecule has 49 heavy (non-hydrogen) atoms. The lowest BCUT2D eigenvalue weighted by Crippen LogP contribution is -2.13. The Balaban J connectivity index is 1.53. The van der Waals surface area contributed by atoms with Crippen molar-refractivity contribution in [3.05, 3.63) is 64.3 Å². The standard InChI is InChI=1S/C44H71NO4/c1-3-5-7-9-11-13-15-16-17-18-19-20-21-23-25-27-37-45-40-31-35-42(46)43(36-32-40)49-44(47)39-29-33-41(34-30-39)48-38-28-26-24-22-14-12-10-8-6-4-2/h29-36,45H,3-28,37-38H2,1-2H3. The minimum atomic E-state index is -0.549. The van der Waals surface area contributed by atoms with Crippen molar-refractivity contribution in [2.45, 2.75) is 181 Å². The lowest BCUT2D eigenvalue weighted by molar-refractivity contribution is 0.0733. The molecular formula is C44H71NO4. The molecule has 0 unspecified atom stereocenters.